The zero-order valence-corrected chi connectivity index (χ0v) is 15.9. The number of amides is 1. The molecule has 0 radical (unpaired) electrons. The Kier molecular flexibility index (Phi) is 4.21. The minimum Gasteiger partial charge on any atom is -0.353 e. The van der Waals surface area contributed by atoms with E-state index in [2.05, 4.69) is 44.0 Å². The van der Waals surface area contributed by atoms with Gasteiger partial charge in [-0.3, -0.25) is 14.2 Å². The Morgan fingerprint density at radius 1 is 1.30 bits per heavy atom. The molecular formula is C21H27N5O. The fourth-order valence-corrected chi connectivity index (χ4v) is 4.87. The van der Waals surface area contributed by atoms with Gasteiger partial charge in [0.25, 0.3) is 0 Å². The van der Waals surface area contributed by atoms with Gasteiger partial charge in [0.1, 0.15) is 5.82 Å². The average molecular weight is 365 g/mol. The summed E-state index contributed by atoms with van der Waals surface area (Å²) in [5.74, 6) is 2.93. The molecule has 2 heterocycles. The maximum Gasteiger partial charge on any atom is 0.220 e. The Hall–Kier alpha value is -2.24. The lowest BCUT2D eigenvalue weighted by Gasteiger charge is -2.16. The number of fused-ring (bicyclic) bond motifs is 3. The van der Waals surface area contributed by atoms with Crippen LogP contribution in [0.2, 0.25) is 0 Å². The Balaban J connectivity index is 1.36. The predicted octanol–water partition coefficient (Wildman–Crippen LogP) is 3.27. The Labute approximate surface area is 159 Å². The third-order valence-electron chi connectivity index (χ3n) is 6.56. The van der Waals surface area contributed by atoms with Crippen molar-refractivity contribution >= 4 is 17.6 Å². The normalized spacial score (nSPS) is 26.6. The first kappa shape index (κ1) is 16.9. The van der Waals surface area contributed by atoms with E-state index < -0.39 is 0 Å². The van der Waals surface area contributed by atoms with Gasteiger partial charge in [0.2, 0.25) is 5.91 Å². The van der Waals surface area contributed by atoms with E-state index in [9.17, 15) is 4.79 Å². The van der Waals surface area contributed by atoms with Crippen LogP contribution in [0.25, 0.3) is 11.7 Å². The highest BCUT2D eigenvalue weighted by atomic mass is 16.1. The van der Waals surface area contributed by atoms with Crippen molar-refractivity contribution in [3.05, 3.63) is 29.5 Å². The first-order valence-electron chi connectivity index (χ1n) is 10.4. The van der Waals surface area contributed by atoms with Gasteiger partial charge in [0, 0.05) is 24.8 Å². The summed E-state index contributed by atoms with van der Waals surface area (Å²) >= 11 is 0. The van der Waals surface area contributed by atoms with Crippen LogP contribution in [0.1, 0.15) is 75.0 Å². The van der Waals surface area contributed by atoms with Crippen molar-refractivity contribution < 1.29 is 4.79 Å². The lowest BCUT2D eigenvalue weighted by atomic mass is 9.93. The molecule has 1 amide bonds. The van der Waals surface area contributed by atoms with Gasteiger partial charge < -0.3 is 5.32 Å². The van der Waals surface area contributed by atoms with Crippen molar-refractivity contribution in [3.63, 3.8) is 0 Å². The van der Waals surface area contributed by atoms with E-state index in [4.69, 9.17) is 0 Å². The molecule has 3 aliphatic carbocycles. The number of rotatable bonds is 6. The molecule has 1 N–H and O–H groups in total. The fourth-order valence-electron chi connectivity index (χ4n) is 4.87. The highest BCUT2D eigenvalue weighted by Gasteiger charge is 2.38. The average Bonchev–Trinajstić information content (AvgIpc) is 3.07. The first-order valence-corrected chi connectivity index (χ1v) is 10.4. The smallest absolute Gasteiger partial charge is 0.220 e. The number of hydrogen-bond donors (Lipinski definition) is 1. The molecule has 142 valence electrons. The summed E-state index contributed by atoms with van der Waals surface area (Å²) in [4.78, 5) is 16.8. The van der Waals surface area contributed by atoms with Gasteiger partial charge in [-0.15, -0.1) is 10.2 Å². The monoisotopic (exact) mass is 365 g/mol. The summed E-state index contributed by atoms with van der Waals surface area (Å²) in [5.41, 5.74) is 3.04. The molecule has 2 aromatic rings. The number of carbonyl (C=O) groups is 1. The third-order valence-corrected chi connectivity index (χ3v) is 6.56. The zero-order valence-electron chi connectivity index (χ0n) is 15.9. The molecule has 2 saturated carbocycles. The Morgan fingerprint density at radius 2 is 2.19 bits per heavy atom. The van der Waals surface area contributed by atoms with Gasteiger partial charge in [0.15, 0.2) is 5.65 Å². The van der Waals surface area contributed by atoms with Crippen LogP contribution < -0.4 is 5.32 Å². The summed E-state index contributed by atoms with van der Waals surface area (Å²) in [6.07, 6.45) is 14.4. The van der Waals surface area contributed by atoms with Gasteiger partial charge in [-0.05, 0) is 37.2 Å². The summed E-state index contributed by atoms with van der Waals surface area (Å²) in [7, 11) is 0. The van der Waals surface area contributed by atoms with Crippen molar-refractivity contribution in [1.29, 1.82) is 0 Å². The number of hydrogen-bond acceptors (Lipinski definition) is 4. The molecule has 0 spiro atoms. The summed E-state index contributed by atoms with van der Waals surface area (Å²) in [6.45, 7) is 2.24. The van der Waals surface area contributed by atoms with E-state index in [1.54, 1.807) is 0 Å². The molecule has 27 heavy (non-hydrogen) atoms. The van der Waals surface area contributed by atoms with Gasteiger partial charge >= 0.3 is 0 Å². The summed E-state index contributed by atoms with van der Waals surface area (Å²) in [5, 5.41) is 12.2. The Morgan fingerprint density at radius 3 is 3.00 bits per heavy atom. The molecule has 5 rings (SSSR count). The number of aromatic nitrogens is 4. The molecule has 0 aromatic carbocycles. The van der Waals surface area contributed by atoms with E-state index in [0.29, 0.717) is 18.3 Å². The highest BCUT2D eigenvalue weighted by Crippen LogP contribution is 2.41. The van der Waals surface area contributed by atoms with Crippen LogP contribution in [0.4, 0.5) is 0 Å². The summed E-state index contributed by atoms with van der Waals surface area (Å²) in [6, 6.07) is 0.254. The van der Waals surface area contributed by atoms with Crippen molar-refractivity contribution in [2.75, 3.05) is 0 Å². The van der Waals surface area contributed by atoms with Crippen LogP contribution in [-0.2, 0) is 11.2 Å². The predicted molar refractivity (Wildman–Crippen MR) is 103 cm³/mol. The van der Waals surface area contributed by atoms with Gasteiger partial charge in [0.05, 0.1) is 17.6 Å². The van der Waals surface area contributed by atoms with Crippen molar-refractivity contribution in [2.24, 2.45) is 11.8 Å². The van der Waals surface area contributed by atoms with Crippen molar-refractivity contribution in [2.45, 2.75) is 70.3 Å². The maximum atomic E-state index is 12.3. The third kappa shape index (κ3) is 3.15. The fraction of sp³-hybridized carbons (Fsp3) is 0.619. The quantitative estimate of drug-likeness (QED) is 0.853. The van der Waals surface area contributed by atoms with Gasteiger partial charge in [-0.25, -0.2) is 0 Å². The van der Waals surface area contributed by atoms with Crippen LogP contribution in [0, 0.1) is 11.8 Å². The van der Waals surface area contributed by atoms with E-state index >= 15 is 0 Å². The van der Waals surface area contributed by atoms with Crippen molar-refractivity contribution in [3.8, 4) is 0 Å². The number of nitrogens with zero attached hydrogens (tertiary/aromatic N) is 4. The van der Waals surface area contributed by atoms with Gasteiger partial charge in [-0.1, -0.05) is 32.3 Å². The number of allylic oxidation sites excluding steroid dienone is 1. The Bertz CT molecular complexity index is 897. The molecule has 0 bridgehead atoms. The molecular weight excluding hydrogens is 338 g/mol. The van der Waals surface area contributed by atoms with Crippen LogP contribution in [0.3, 0.4) is 0 Å². The molecule has 0 saturated heterocycles. The molecule has 6 nitrogen and oxygen atoms in total. The first-order chi connectivity index (χ1) is 13.2. The molecule has 0 aliphatic heterocycles. The second-order valence-corrected chi connectivity index (χ2v) is 8.44. The maximum absolute atomic E-state index is 12.3. The van der Waals surface area contributed by atoms with Crippen molar-refractivity contribution in [1.82, 2.24) is 24.9 Å². The molecule has 3 aliphatic rings. The SMILES string of the molecule is CC[C@@H]1C[C@H](NC(=O)CCC2CC2)C[C@@H]1c1nnc2cnc3c(n12)C=CC3. The van der Waals surface area contributed by atoms with E-state index in [1.807, 2.05) is 6.20 Å². The minimum absolute atomic E-state index is 0.224. The van der Waals surface area contributed by atoms with Crippen LogP contribution >= 0.6 is 0 Å². The van der Waals surface area contributed by atoms with Crippen LogP contribution in [-0.4, -0.2) is 31.5 Å². The molecule has 3 atom stereocenters. The van der Waals surface area contributed by atoms with Crippen LogP contribution in [0.5, 0.6) is 0 Å². The topological polar surface area (TPSA) is 72.2 Å². The summed E-state index contributed by atoms with van der Waals surface area (Å²) < 4.78 is 2.19. The molecule has 6 heteroatoms. The van der Waals surface area contributed by atoms with Gasteiger partial charge in [-0.2, -0.15) is 0 Å². The largest absolute Gasteiger partial charge is 0.353 e. The highest BCUT2D eigenvalue weighted by molar-refractivity contribution is 5.76. The second kappa shape index (κ2) is 6.73. The van der Waals surface area contributed by atoms with E-state index in [0.717, 1.165) is 60.9 Å². The van der Waals surface area contributed by atoms with E-state index in [1.165, 1.54) is 12.8 Å². The lowest BCUT2D eigenvalue weighted by Crippen LogP contribution is -2.33. The molecule has 2 fully saturated rings. The molecule has 2 aromatic heterocycles. The minimum atomic E-state index is 0.224. The van der Waals surface area contributed by atoms with E-state index in [-0.39, 0.29) is 11.9 Å². The lowest BCUT2D eigenvalue weighted by molar-refractivity contribution is -0.121. The standard InChI is InChI=1S/C21H27N5O/c1-2-14-10-15(23-20(27)9-8-13-6-7-13)11-16(14)21-25-24-19-12-22-17-4-3-5-18(17)26(19)21/h3,5,12-16H,2,4,6-11H2,1H3,(H,23,27)/t14-,15+,16+/m1/s1. The zero-order chi connectivity index (χ0) is 18.4. The second-order valence-electron chi connectivity index (χ2n) is 8.44. The van der Waals surface area contributed by atoms with Crippen LogP contribution in [0.15, 0.2) is 12.3 Å². The molecule has 0 unspecified atom stereocenters. The number of nitrogens with one attached hydrogen (secondary N) is 1. The number of carbonyl (C=O) groups excluding carboxylic acids is 1.